The second-order valence-corrected chi connectivity index (χ2v) is 4.90. The number of hydrogen-bond donors (Lipinski definition) is 1. The van der Waals surface area contributed by atoms with Crippen molar-refractivity contribution in [2.45, 2.75) is 45.1 Å². The van der Waals surface area contributed by atoms with Crippen LogP contribution in [-0.2, 0) is 0 Å². The van der Waals surface area contributed by atoms with Crippen molar-refractivity contribution in [3.8, 4) is 0 Å². The summed E-state index contributed by atoms with van der Waals surface area (Å²) in [4.78, 5) is 22.7. The third kappa shape index (κ3) is 2.60. The van der Waals surface area contributed by atoms with Crippen LogP contribution in [-0.4, -0.2) is 20.9 Å². The number of hydrogen-bond acceptors (Lipinski definition) is 3. The van der Waals surface area contributed by atoms with E-state index in [1.54, 1.807) is 0 Å². The Kier molecular flexibility index (Phi) is 3.79. The van der Waals surface area contributed by atoms with Crippen LogP contribution in [0.1, 0.15) is 55.6 Å². The molecule has 1 aliphatic carbocycles. The zero-order chi connectivity index (χ0) is 13.1. The summed E-state index contributed by atoms with van der Waals surface area (Å²) in [6, 6.07) is 2.61. The maximum atomic E-state index is 11.8. The molecule has 2 unspecified atom stereocenters. The van der Waals surface area contributed by atoms with Crippen LogP contribution >= 0.6 is 0 Å². The molecule has 0 bridgehead atoms. The van der Waals surface area contributed by atoms with Gasteiger partial charge in [0.15, 0.2) is 5.69 Å². The fourth-order valence-electron chi connectivity index (χ4n) is 2.66. The number of rotatable bonds is 3. The first-order valence-corrected chi connectivity index (χ1v) is 6.45. The van der Waals surface area contributed by atoms with Gasteiger partial charge in [-0.05, 0) is 24.8 Å². The Morgan fingerprint density at radius 1 is 1.50 bits per heavy atom. The maximum absolute atomic E-state index is 11.8. The van der Waals surface area contributed by atoms with Crippen LogP contribution in [0.25, 0.3) is 0 Å². The SMILES string of the molecule is CCC1CCCC(n2nc(C(=O)O)ccc2=O)C1. The van der Waals surface area contributed by atoms with Gasteiger partial charge in [0.1, 0.15) is 0 Å². The number of carbonyl (C=O) groups is 1. The lowest BCUT2D eigenvalue weighted by atomic mass is 9.84. The summed E-state index contributed by atoms with van der Waals surface area (Å²) in [5.41, 5.74) is -0.269. The standard InChI is InChI=1S/C13H18N2O3/c1-2-9-4-3-5-10(8-9)15-12(16)7-6-11(14-15)13(17)18/h6-7,9-10H,2-5,8H2,1H3,(H,17,18). The molecule has 0 radical (unpaired) electrons. The number of aromatic carboxylic acids is 1. The van der Waals surface area contributed by atoms with Crippen LogP contribution in [0.5, 0.6) is 0 Å². The summed E-state index contributed by atoms with van der Waals surface area (Å²) in [5.74, 6) is -0.475. The Bertz CT molecular complexity index is 495. The van der Waals surface area contributed by atoms with Gasteiger partial charge in [0.25, 0.3) is 5.56 Å². The van der Waals surface area contributed by atoms with E-state index < -0.39 is 5.97 Å². The zero-order valence-electron chi connectivity index (χ0n) is 10.5. The van der Waals surface area contributed by atoms with Crippen molar-refractivity contribution in [3.05, 3.63) is 28.2 Å². The molecule has 0 spiro atoms. The molecule has 1 aromatic rings. The van der Waals surface area contributed by atoms with Gasteiger partial charge in [0, 0.05) is 6.07 Å². The molecule has 0 amide bonds. The Hall–Kier alpha value is -1.65. The fourth-order valence-corrected chi connectivity index (χ4v) is 2.66. The molecule has 2 atom stereocenters. The van der Waals surface area contributed by atoms with Crippen molar-refractivity contribution in [2.24, 2.45) is 5.92 Å². The molecular weight excluding hydrogens is 232 g/mol. The molecule has 2 rings (SSSR count). The summed E-state index contributed by atoms with van der Waals surface area (Å²) in [5, 5.41) is 12.9. The van der Waals surface area contributed by atoms with Gasteiger partial charge in [0.2, 0.25) is 0 Å². The number of carboxylic acids is 1. The average Bonchev–Trinajstić information content (AvgIpc) is 2.39. The van der Waals surface area contributed by atoms with E-state index in [1.807, 2.05) is 0 Å². The Morgan fingerprint density at radius 2 is 2.28 bits per heavy atom. The third-order valence-electron chi connectivity index (χ3n) is 3.72. The normalized spacial score (nSPS) is 23.8. The lowest BCUT2D eigenvalue weighted by molar-refractivity contribution is 0.0686. The average molecular weight is 250 g/mol. The van der Waals surface area contributed by atoms with Crippen molar-refractivity contribution < 1.29 is 9.90 Å². The first-order chi connectivity index (χ1) is 8.61. The van der Waals surface area contributed by atoms with Gasteiger partial charge in [-0.2, -0.15) is 5.10 Å². The highest BCUT2D eigenvalue weighted by Crippen LogP contribution is 2.32. The number of nitrogens with zero attached hydrogens (tertiary/aromatic N) is 2. The van der Waals surface area contributed by atoms with Crippen molar-refractivity contribution in [2.75, 3.05) is 0 Å². The molecule has 1 aromatic heterocycles. The van der Waals surface area contributed by atoms with E-state index in [9.17, 15) is 9.59 Å². The van der Waals surface area contributed by atoms with Gasteiger partial charge >= 0.3 is 5.97 Å². The van der Waals surface area contributed by atoms with Crippen LogP contribution in [0.15, 0.2) is 16.9 Å². The zero-order valence-corrected chi connectivity index (χ0v) is 10.5. The second-order valence-electron chi connectivity index (χ2n) is 4.90. The van der Waals surface area contributed by atoms with E-state index in [1.165, 1.54) is 23.2 Å². The summed E-state index contributed by atoms with van der Waals surface area (Å²) in [6.07, 6.45) is 5.21. The predicted molar refractivity (Wildman–Crippen MR) is 66.7 cm³/mol. The van der Waals surface area contributed by atoms with Gasteiger partial charge < -0.3 is 5.11 Å². The van der Waals surface area contributed by atoms with Crippen molar-refractivity contribution in [3.63, 3.8) is 0 Å². The number of carboxylic acid groups (broad SMARTS) is 1. The topological polar surface area (TPSA) is 72.2 Å². The molecule has 5 heteroatoms. The van der Waals surface area contributed by atoms with E-state index >= 15 is 0 Å². The van der Waals surface area contributed by atoms with Gasteiger partial charge in [0.05, 0.1) is 6.04 Å². The van der Waals surface area contributed by atoms with Crippen LogP contribution in [0.3, 0.4) is 0 Å². The van der Waals surface area contributed by atoms with Crippen LogP contribution in [0.2, 0.25) is 0 Å². The van der Waals surface area contributed by atoms with Gasteiger partial charge in [-0.15, -0.1) is 0 Å². The smallest absolute Gasteiger partial charge is 0.356 e. The minimum absolute atomic E-state index is 0.0514. The highest BCUT2D eigenvalue weighted by molar-refractivity contribution is 5.84. The summed E-state index contributed by atoms with van der Waals surface area (Å²) in [7, 11) is 0. The first-order valence-electron chi connectivity index (χ1n) is 6.45. The lowest BCUT2D eigenvalue weighted by Gasteiger charge is -2.28. The molecule has 0 saturated heterocycles. The highest BCUT2D eigenvalue weighted by atomic mass is 16.4. The highest BCUT2D eigenvalue weighted by Gasteiger charge is 2.24. The minimum Gasteiger partial charge on any atom is -0.476 e. The lowest BCUT2D eigenvalue weighted by Crippen LogP contribution is -2.31. The molecule has 98 valence electrons. The maximum Gasteiger partial charge on any atom is 0.356 e. The molecule has 1 N–H and O–H groups in total. The second kappa shape index (κ2) is 5.33. The molecule has 5 nitrogen and oxygen atoms in total. The van der Waals surface area contributed by atoms with Gasteiger partial charge in [-0.25, -0.2) is 9.48 Å². The number of aromatic nitrogens is 2. The minimum atomic E-state index is -1.09. The molecule has 1 saturated carbocycles. The van der Waals surface area contributed by atoms with Gasteiger partial charge in [-0.1, -0.05) is 26.2 Å². The van der Waals surface area contributed by atoms with Crippen molar-refractivity contribution >= 4 is 5.97 Å². The van der Waals surface area contributed by atoms with E-state index in [4.69, 9.17) is 5.11 Å². The Balaban J connectivity index is 2.29. The van der Waals surface area contributed by atoms with Crippen molar-refractivity contribution in [1.82, 2.24) is 9.78 Å². The summed E-state index contributed by atoms with van der Waals surface area (Å²) < 4.78 is 1.37. The van der Waals surface area contributed by atoms with E-state index in [-0.39, 0.29) is 17.3 Å². The molecule has 18 heavy (non-hydrogen) atoms. The third-order valence-corrected chi connectivity index (χ3v) is 3.72. The summed E-state index contributed by atoms with van der Waals surface area (Å²) in [6.45, 7) is 2.15. The fraction of sp³-hybridized carbons (Fsp3) is 0.615. The van der Waals surface area contributed by atoms with Crippen molar-refractivity contribution in [1.29, 1.82) is 0 Å². The molecule has 1 aliphatic rings. The first kappa shape index (κ1) is 12.8. The van der Waals surface area contributed by atoms with E-state index in [2.05, 4.69) is 12.0 Å². The predicted octanol–water partition coefficient (Wildman–Crippen LogP) is 2.08. The van der Waals surface area contributed by atoms with E-state index in [0.29, 0.717) is 5.92 Å². The molecule has 0 aliphatic heterocycles. The summed E-state index contributed by atoms with van der Waals surface area (Å²) >= 11 is 0. The van der Waals surface area contributed by atoms with Crippen LogP contribution in [0.4, 0.5) is 0 Å². The molecular formula is C13H18N2O3. The molecule has 1 heterocycles. The van der Waals surface area contributed by atoms with E-state index in [0.717, 1.165) is 25.7 Å². The molecule has 1 fully saturated rings. The Labute approximate surface area is 105 Å². The largest absolute Gasteiger partial charge is 0.476 e. The van der Waals surface area contributed by atoms with Crippen LogP contribution in [0, 0.1) is 5.92 Å². The van der Waals surface area contributed by atoms with Gasteiger partial charge in [-0.3, -0.25) is 4.79 Å². The van der Waals surface area contributed by atoms with Crippen LogP contribution < -0.4 is 5.56 Å². The monoisotopic (exact) mass is 250 g/mol. The quantitative estimate of drug-likeness (QED) is 0.891. The molecule has 0 aromatic carbocycles. The Morgan fingerprint density at radius 3 is 2.94 bits per heavy atom.